The topological polar surface area (TPSA) is 67.4 Å². The number of carbonyl (C=O) groups excluding carboxylic acids is 2. The van der Waals surface area contributed by atoms with Crippen molar-refractivity contribution in [3.63, 3.8) is 0 Å². The molecule has 0 radical (unpaired) electrons. The summed E-state index contributed by atoms with van der Waals surface area (Å²) in [7, 11) is 1.59. The normalized spacial score (nSPS) is 14.8. The zero-order valence-corrected chi connectivity index (χ0v) is 15.4. The van der Waals surface area contributed by atoms with Crippen molar-refractivity contribution in [2.24, 2.45) is 0 Å². The van der Waals surface area contributed by atoms with Crippen molar-refractivity contribution in [3.05, 3.63) is 34.3 Å². The van der Waals surface area contributed by atoms with E-state index in [0.717, 1.165) is 22.9 Å². The van der Waals surface area contributed by atoms with Crippen LogP contribution in [0.1, 0.15) is 37.7 Å². The summed E-state index contributed by atoms with van der Waals surface area (Å²) in [4.78, 5) is 23.6. The summed E-state index contributed by atoms with van der Waals surface area (Å²) in [6.07, 6.45) is 7.94. The van der Waals surface area contributed by atoms with Crippen molar-refractivity contribution < 1.29 is 14.3 Å². The van der Waals surface area contributed by atoms with E-state index >= 15 is 0 Å². The molecule has 1 fully saturated rings. The molecule has 1 aliphatic rings. The van der Waals surface area contributed by atoms with Crippen LogP contribution in [0.4, 0.5) is 0 Å². The number of hydrogen-bond donors (Lipinski definition) is 2. The molecular weight excluding hydrogens is 372 g/mol. The molecule has 1 saturated carbocycles. The molecule has 0 bridgehead atoms. The van der Waals surface area contributed by atoms with Gasteiger partial charge in [-0.2, -0.15) is 0 Å². The molecule has 0 aliphatic heterocycles. The van der Waals surface area contributed by atoms with Gasteiger partial charge in [0, 0.05) is 35.1 Å². The Bertz CT molecular complexity index is 610. The van der Waals surface area contributed by atoms with Crippen LogP contribution < -0.4 is 15.4 Å². The Morgan fingerprint density at radius 2 is 2.08 bits per heavy atom. The Morgan fingerprint density at radius 3 is 2.79 bits per heavy atom. The van der Waals surface area contributed by atoms with Crippen molar-refractivity contribution in [1.29, 1.82) is 0 Å². The number of benzene rings is 1. The maximum atomic E-state index is 11.8. The average molecular weight is 395 g/mol. The average Bonchev–Trinajstić information content (AvgIpc) is 3.06. The maximum Gasteiger partial charge on any atom is 0.244 e. The Hall–Kier alpha value is -1.82. The van der Waals surface area contributed by atoms with Crippen molar-refractivity contribution in [2.75, 3.05) is 13.7 Å². The van der Waals surface area contributed by atoms with Crippen LogP contribution in [0, 0.1) is 0 Å². The molecule has 2 rings (SSSR count). The van der Waals surface area contributed by atoms with Gasteiger partial charge >= 0.3 is 0 Å². The Kier molecular flexibility index (Phi) is 7.31. The highest BCUT2D eigenvalue weighted by atomic mass is 79.9. The van der Waals surface area contributed by atoms with Crippen LogP contribution in [0.25, 0.3) is 6.08 Å². The highest BCUT2D eigenvalue weighted by molar-refractivity contribution is 9.10. The van der Waals surface area contributed by atoms with Gasteiger partial charge in [0.25, 0.3) is 0 Å². The SMILES string of the molecule is COc1ccc(Br)cc1/C=C/C(=O)NCCC(=O)NC1CCCC1. The standard InChI is InChI=1S/C18H23BrN2O3/c1-24-16-8-7-14(19)12-13(16)6-9-17(22)20-11-10-18(23)21-15-4-2-3-5-15/h6-9,12,15H,2-5,10-11H2,1H3,(H,20,22)(H,21,23)/b9-6+. The van der Waals surface area contributed by atoms with Gasteiger partial charge in [-0.3, -0.25) is 9.59 Å². The number of hydrogen-bond acceptors (Lipinski definition) is 3. The van der Waals surface area contributed by atoms with E-state index in [4.69, 9.17) is 4.74 Å². The highest BCUT2D eigenvalue weighted by Gasteiger charge is 2.16. The molecule has 0 saturated heterocycles. The van der Waals surface area contributed by atoms with Crippen LogP contribution in [0.2, 0.25) is 0 Å². The molecule has 1 aromatic rings. The zero-order chi connectivity index (χ0) is 17.4. The van der Waals surface area contributed by atoms with Gasteiger partial charge in [-0.1, -0.05) is 28.8 Å². The van der Waals surface area contributed by atoms with Crippen LogP contribution in [0.5, 0.6) is 5.75 Å². The second-order valence-corrected chi connectivity index (χ2v) is 6.73. The minimum atomic E-state index is -0.231. The third-order valence-corrected chi connectivity index (χ3v) is 4.47. The van der Waals surface area contributed by atoms with E-state index in [1.54, 1.807) is 13.2 Å². The van der Waals surface area contributed by atoms with Crippen molar-refractivity contribution in [3.8, 4) is 5.75 Å². The Morgan fingerprint density at radius 1 is 1.33 bits per heavy atom. The summed E-state index contributed by atoms with van der Waals surface area (Å²) in [5.41, 5.74) is 0.806. The van der Waals surface area contributed by atoms with Crippen molar-refractivity contribution in [2.45, 2.75) is 38.1 Å². The molecule has 0 aromatic heterocycles. The molecule has 0 unspecified atom stereocenters. The van der Waals surface area contributed by atoms with Crippen LogP contribution in [0.15, 0.2) is 28.7 Å². The van der Waals surface area contributed by atoms with Crippen molar-refractivity contribution >= 4 is 33.8 Å². The van der Waals surface area contributed by atoms with Gasteiger partial charge in [-0.15, -0.1) is 0 Å². The number of ether oxygens (including phenoxy) is 1. The lowest BCUT2D eigenvalue weighted by molar-refractivity contribution is -0.121. The largest absolute Gasteiger partial charge is 0.496 e. The molecule has 0 atom stereocenters. The van der Waals surface area contributed by atoms with Gasteiger partial charge in [0.05, 0.1) is 7.11 Å². The van der Waals surface area contributed by atoms with Gasteiger partial charge in [0.15, 0.2) is 0 Å². The molecule has 1 aromatic carbocycles. The van der Waals surface area contributed by atoms with E-state index < -0.39 is 0 Å². The molecule has 5 nitrogen and oxygen atoms in total. The molecule has 0 spiro atoms. The predicted molar refractivity (Wildman–Crippen MR) is 97.8 cm³/mol. The molecule has 2 N–H and O–H groups in total. The van der Waals surface area contributed by atoms with Crippen LogP contribution in [-0.2, 0) is 9.59 Å². The first-order valence-electron chi connectivity index (χ1n) is 8.17. The summed E-state index contributed by atoms with van der Waals surface area (Å²) in [5.74, 6) is 0.462. The third kappa shape index (κ3) is 6.00. The monoisotopic (exact) mass is 394 g/mol. The zero-order valence-electron chi connectivity index (χ0n) is 13.8. The quantitative estimate of drug-likeness (QED) is 0.698. The maximum absolute atomic E-state index is 11.8. The first kappa shape index (κ1) is 18.5. The second kappa shape index (κ2) is 9.47. The fourth-order valence-electron chi connectivity index (χ4n) is 2.73. The van der Waals surface area contributed by atoms with E-state index in [2.05, 4.69) is 26.6 Å². The Labute approximate surface area is 151 Å². The number of amides is 2. The number of rotatable bonds is 7. The van der Waals surface area contributed by atoms with Crippen molar-refractivity contribution in [1.82, 2.24) is 10.6 Å². The van der Waals surface area contributed by atoms with Gasteiger partial charge in [0.1, 0.15) is 5.75 Å². The predicted octanol–water partition coefficient (Wildman–Crippen LogP) is 3.04. The van der Waals surface area contributed by atoms with Gasteiger partial charge < -0.3 is 15.4 Å². The van der Waals surface area contributed by atoms with Crippen LogP contribution >= 0.6 is 15.9 Å². The number of halogens is 1. The molecule has 2 amide bonds. The summed E-state index contributed by atoms with van der Waals surface area (Å²) in [6, 6.07) is 5.89. The number of nitrogens with one attached hydrogen (secondary N) is 2. The summed E-state index contributed by atoms with van der Waals surface area (Å²) >= 11 is 3.39. The third-order valence-electron chi connectivity index (χ3n) is 3.98. The minimum absolute atomic E-state index is 0.000149. The van der Waals surface area contributed by atoms with E-state index in [0.29, 0.717) is 24.8 Å². The number of carbonyl (C=O) groups is 2. The molecule has 0 heterocycles. The summed E-state index contributed by atoms with van der Waals surface area (Å²) in [6.45, 7) is 0.331. The molecule has 24 heavy (non-hydrogen) atoms. The molecule has 1 aliphatic carbocycles. The lowest BCUT2D eigenvalue weighted by Crippen LogP contribution is -2.35. The fraction of sp³-hybridized carbons (Fsp3) is 0.444. The van der Waals surface area contributed by atoms with E-state index in [1.165, 1.54) is 18.9 Å². The molecular formula is C18H23BrN2O3. The lowest BCUT2D eigenvalue weighted by atomic mass is 10.2. The van der Waals surface area contributed by atoms with E-state index in [-0.39, 0.29) is 11.8 Å². The first-order valence-corrected chi connectivity index (χ1v) is 8.96. The summed E-state index contributed by atoms with van der Waals surface area (Å²) in [5, 5.41) is 5.72. The fourth-order valence-corrected chi connectivity index (χ4v) is 3.11. The smallest absolute Gasteiger partial charge is 0.244 e. The highest BCUT2D eigenvalue weighted by Crippen LogP contribution is 2.24. The van der Waals surface area contributed by atoms with Gasteiger partial charge in [-0.05, 0) is 37.1 Å². The van der Waals surface area contributed by atoms with Crippen LogP contribution in [-0.4, -0.2) is 31.5 Å². The second-order valence-electron chi connectivity index (χ2n) is 5.81. The molecule has 130 valence electrons. The lowest BCUT2D eigenvalue weighted by Gasteiger charge is -2.11. The number of methoxy groups -OCH3 is 1. The minimum Gasteiger partial charge on any atom is -0.496 e. The van der Waals surface area contributed by atoms with E-state index in [9.17, 15) is 9.59 Å². The first-order chi connectivity index (χ1) is 11.6. The van der Waals surface area contributed by atoms with Gasteiger partial charge in [0.2, 0.25) is 11.8 Å². The Balaban J connectivity index is 1.74. The summed E-state index contributed by atoms with van der Waals surface area (Å²) < 4.78 is 6.16. The molecule has 6 heteroatoms. The van der Waals surface area contributed by atoms with Crippen LogP contribution in [0.3, 0.4) is 0 Å². The van der Waals surface area contributed by atoms with E-state index in [1.807, 2.05) is 18.2 Å². The van der Waals surface area contributed by atoms with Gasteiger partial charge in [-0.25, -0.2) is 0 Å².